The van der Waals surface area contributed by atoms with Crippen molar-refractivity contribution in [2.75, 3.05) is 32.8 Å². The minimum absolute atomic E-state index is 0.150. The molecular formula is C24H35F3N2O4. The van der Waals surface area contributed by atoms with Gasteiger partial charge in [-0.3, -0.25) is 4.79 Å². The van der Waals surface area contributed by atoms with Crippen LogP contribution in [0.1, 0.15) is 69.3 Å². The molecule has 0 radical (unpaired) electrons. The number of benzene rings is 1. The van der Waals surface area contributed by atoms with E-state index in [0.717, 1.165) is 69.8 Å². The maximum absolute atomic E-state index is 12.9. The predicted octanol–water partition coefficient (Wildman–Crippen LogP) is 4.72. The summed E-state index contributed by atoms with van der Waals surface area (Å²) in [4.78, 5) is 26.3. The largest absolute Gasteiger partial charge is 0.493 e. The number of halogens is 3. The molecule has 2 heterocycles. The van der Waals surface area contributed by atoms with Crippen molar-refractivity contribution in [2.45, 2.75) is 71.0 Å². The quantitative estimate of drug-likeness (QED) is 0.672. The average Bonchev–Trinajstić information content (AvgIpc) is 2.77. The van der Waals surface area contributed by atoms with Gasteiger partial charge in [0.2, 0.25) is 0 Å². The number of fused-ring (bicyclic) bond motifs is 2. The molecule has 0 atom stereocenters. The summed E-state index contributed by atoms with van der Waals surface area (Å²) in [6, 6.07) is 6.71. The first-order valence-corrected chi connectivity index (χ1v) is 11.6. The Kier molecular flexibility index (Phi) is 9.17. The lowest BCUT2D eigenvalue weighted by atomic mass is 9.69. The highest BCUT2D eigenvalue weighted by molar-refractivity contribution is 5.94. The molecule has 1 spiro atoms. The molecule has 0 bridgehead atoms. The van der Waals surface area contributed by atoms with Crippen molar-refractivity contribution in [1.29, 1.82) is 0 Å². The first-order valence-electron chi connectivity index (χ1n) is 11.6. The number of carbonyl (C=O) groups is 2. The maximum atomic E-state index is 12.9. The summed E-state index contributed by atoms with van der Waals surface area (Å²) in [5.41, 5.74) is 2.26. The second-order valence-electron chi connectivity index (χ2n) is 8.91. The Morgan fingerprint density at radius 1 is 1.18 bits per heavy atom. The highest BCUT2D eigenvalue weighted by Crippen LogP contribution is 2.46. The van der Waals surface area contributed by atoms with Crippen LogP contribution >= 0.6 is 0 Å². The topological polar surface area (TPSA) is 70.1 Å². The summed E-state index contributed by atoms with van der Waals surface area (Å²) in [5, 5.41) is 7.12. The fourth-order valence-electron chi connectivity index (χ4n) is 4.54. The molecule has 9 heteroatoms. The van der Waals surface area contributed by atoms with E-state index in [-0.39, 0.29) is 11.3 Å². The number of rotatable bonds is 5. The lowest BCUT2D eigenvalue weighted by Gasteiger charge is -2.46. The molecule has 6 nitrogen and oxygen atoms in total. The molecular weight excluding hydrogens is 437 g/mol. The van der Waals surface area contributed by atoms with Gasteiger partial charge >= 0.3 is 12.1 Å². The lowest BCUT2D eigenvalue weighted by Crippen LogP contribution is -2.47. The monoisotopic (exact) mass is 472 g/mol. The highest BCUT2D eigenvalue weighted by atomic mass is 19.4. The zero-order valence-corrected chi connectivity index (χ0v) is 19.9. The molecule has 1 saturated heterocycles. The SMILES string of the molecule is CCCN(CC)C(=O)c1ccc2c(c1)C1(CCO2)CCN(C(C)C)CC1.O=C(O)C(F)(F)F. The van der Waals surface area contributed by atoms with E-state index in [1.165, 1.54) is 5.56 Å². The van der Waals surface area contributed by atoms with Crippen LogP contribution in [0.5, 0.6) is 5.75 Å². The van der Waals surface area contributed by atoms with Crippen molar-refractivity contribution in [3.63, 3.8) is 0 Å². The Morgan fingerprint density at radius 3 is 2.27 bits per heavy atom. The maximum Gasteiger partial charge on any atom is 0.490 e. The summed E-state index contributed by atoms with van der Waals surface area (Å²) in [5.74, 6) is -1.62. The molecule has 1 amide bonds. The smallest absolute Gasteiger partial charge is 0.490 e. The molecule has 186 valence electrons. The number of piperidine rings is 1. The third-order valence-corrected chi connectivity index (χ3v) is 6.53. The van der Waals surface area contributed by atoms with Crippen molar-refractivity contribution in [2.24, 2.45) is 0 Å². The van der Waals surface area contributed by atoms with Gasteiger partial charge in [0.25, 0.3) is 5.91 Å². The zero-order valence-electron chi connectivity index (χ0n) is 19.9. The molecule has 1 aromatic carbocycles. The van der Waals surface area contributed by atoms with Crippen molar-refractivity contribution in [3.05, 3.63) is 29.3 Å². The van der Waals surface area contributed by atoms with Gasteiger partial charge in [-0.15, -0.1) is 0 Å². The number of hydrogen-bond acceptors (Lipinski definition) is 4. The molecule has 1 aromatic rings. The average molecular weight is 473 g/mol. The molecule has 0 saturated carbocycles. The number of nitrogens with zero attached hydrogens (tertiary/aromatic N) is 2. The van der Waals surface area contributed by atoms with Gasteiger partial charge < -0.3 is 19.6 Å². The van der Waals surface area contributed by atoms with Gasteiger partial charge in [0.05, 0.1) is 6.61 Å². The van der Waals surface area contributed by atoms with E-state index >= 15 is 0 Å². The van der Waals surface area contributed by atoms with E-state index in [1.54, 1.807) is 0 Å². The van der Waals surface area contributed by atoms with Crippen molar-refractivity contribution >= 4 is 11.9 Å². The van der Waals surface area contributed by atoms with Crippen LogP contribution in [-0.2, 0) is 10.2 Å². The Bertz CT molecular complexity index is 818. The molecule has 0 aromatic heterocycles. The van der Waals surface area contributed by atoms with Gasteiger partial charge in [-0.25, -0.2) is 4.79 Å². The number of alkyl halides is 3. The van der Waals surface area contributed by atoms with Crippen LogP contribution in [0, 0.1) is 0 Å². The third-order valence-electron chi connectivity index (χ3n) is 6.53. The summed E-state index contributed by atoms with van der Waals surface area (Å²) >= 11 is 0. The summed E-state index contributed by atoms with van der Waals surface area (Å²) in [7, 11) is 0. The minimum atomic E-state index is -5.08. The van der Waals surface area contributed by atoms with Gasteiger partial charge in [0, 0.05) is 35.7 Å². The Hall–Kier alpha value is -2.29. The Morgan fingerprint density at radius 2 is 1.79 bits per heavy atom. The van der Waals surface area contributed by atoms with Crippen LogP contribution in [0.4, 0.5) is 13.2 Å². The van der Waals surface area contributed by atoms with Crippen molar-refractivity contribution in [3.8, 4) is 5.75 Å². The zero-order chi connectivity index (χ0) is 24.8. The minimum Gasteiger partial charge on any atom is -0.493 e. The number of likely N-dealkylation sites (tertiary alicyclic amines) is 1. The van der Waals surface area contributed by atoms with Crippen molar-refractivity contribution in [1.82, 2.24) is 9.80 Å². The van der Waals surface area contributed by atoms with Gasteiger partial charge in [-0.1, -0.05) is 6.92 Å². The molecule has 2 aliphatic rings. The molecule has 0 unspecified atom stereocenters. The normalized spacial score (nSPS) is 17.6. The molecule has 1 fully saturated rings. The van der Waals surface area contributed by atoms with Gasteiger partial charge in [-0.05, 0) is 77.7 Å². The number of ether oxygens (including phenoxy) is 1. The van der Waals surface area contributed by atoms with Crippen LogP contribution in [0.25, 0.3) is 0 Å². The number of carboxylic acid groups (broad SMARTS) is 1. The van der Waals surface area contributed by atoms with E-state index in [2.05, 4.69) is 38.7 Å². The van der Waals surface area contributed by atoms with Gasteiger partial charge in [-0.2, -0.15) is 13.2 Å². The number of hydrogen-bond donors (Lipinski definition) is 1. The molecule has 2 aliphatic heterocycles. The summed E-state index contributed by atoms with van der Waals surface area (Å²) in [6.07, 6.45) is -0.712. The fraction of sp³-hybridized carbons (Fsp3) is 0.667. The second kappa shape index (κ2) is 11.2. The van der Waals surface area contributed by atoms with Crippen LogP contribution in [0.2, 0.25) is 0 Å². The molecule has 3 rings (SSSR count). The molecule has 0 aliphatic carbocycles. The first-order chi connectivity index (χ1) is 15.4. The number of amides is 1. The van der Waals surface area contributed by atoms with Crippen LogP contribution in [0.15, 0.2) is 18.2 Å². The van der Waals surface area contributed by atoms with Crippen LogP contribution < -0.4 is 4.74 Å². The highest BCUT2D eigenvalue weighted by Gasteiger charge is 2.41. The van der Waals surface area contributed by atoms with E-state index in [4.69, 9.17) is 14.6 Å². The first kappa shape index (κ1) is 27.0. The standard InChI is InChI=1S/C22H34N2O2.C2HF3O2/c1-5-12-23(6-2)21(25)18-7-8-20-19(16-18)22(11-15-26-20)9-13-24(14-10-22)17(3)4;3-2(4,5)1(6)7/h7-8,16-17H,5-6,9-15H2,1-4H3;(H,6,7). The Balaban J connectivity index is 0.000000479. The van der Waals surface area contributed by atoms with E-state index in [1.807, 2.05) is 17.0 Å². The third kappa shape index (κ3) is 6.62. The second-order valence-corrected chi connectivity index (χ2v) is 8.91. The summed E-state index contributed by atoms with van der Waals surface area (Å²) in [6.45, 7) is 13.4. The number of carboxylic acids is 1. The van der Waals surface area contributed by atoms with E-state index in [9.17, 15) is 18.0 Å². The Labute approximate surface area is 193 Å². The molecule has 1 N–H and O–H groups in total. The fourth-order valence-corrected chi connectivity index (χ4v) is 4.54. The predicted molar refractivity (Wildman–Crippen MR) is 120 cm³/mol. The van der Waals surface area contributed by atoms with E-state index < -0.39 is 12.1 Å². The van der Waals surface area contributed by atoms with Crippen molar-refractivity contribution < 1.29 is 32.6 Å². The van der Waals surface area contributed by atoms with E-state index in [0.29, 0.717) is 6.04 Å². The lowest BCUT2D eigenvalue weighted by molar-refractivity contribution is -0.192. The van der Waals surface area contributed by atoms with Gasteiger partial charge in [0.15, 0.2) is 0 Å². The number of carbonyl (C=O) groups excluding carboxylic acids is 1. The summed E-state index contributed by atoms with van der Waals surface area (Å²) < 4.78 is 37.7. The molecule has 33 heavy (non-hydrogen) atoms. The number of aliphatic carboxylic acids is 1. The van der Waals surface area contributed by atoms with Crippen LogP contribution in [-0.4, -0.2) is 71.8 Å². The van der Waals surface area contributed by atoms with Gasteiger partial charge in [0.1, 0.15) is 5.75 Å². The van der Waals surface area contributed by atoms with Crippen LogP contribution in [0.3, 0.4) is 0 Å².